The van der Waals surface area contributed by atoms with Crippen molar-refractivity contribution < 1.29 is 4.79 Å². The molecule has 1 aromatic carbocycles. The summed E-state index contributed by atoms with van der Waals surface area (Å²) in [6.07, 6.45) is 1.62. The molecule has 4 rings (SSSR count). The van der Waals surface area contributed by atoms with Gasteiger partial charge in [-0.3, -0.25) is 14.2 Å². The van der Waals surface area contributed by atoms with E-state index in [-0.39, 0.29) is 12.1 Å². The van der Waals surface area contributed by atoms with Gasteiger partial charge in [0.1, 0.15) is 11.0 Å². The van der Waals surface area contributed by atoms with Gasteiger partial charge < -0.3 is 16.0 Å². The molecule has 1 amide bonds. The molecular weight excluding hydrogens is 382 g/mol. The lowest BCUT2D eigenvalue weighted by molar-refractivity contribution is 0.100. The summed E-state index contributed by atoms with van der Waals surface area (Å²) in [5, 5.41) is 7.63. The fraction of sp³-hybridized carbons (Fsp3) is 0.333. The molecule has 3 aromatic rings. The van der Waals surface area contributed by atoms with Gasteiger partial charge >= 0.3 is 0 Å². The summed E-state index contributed by atoms with van der Waals surface area (Å²) in [4.78, 5) is 31.4. The maximum atomic E-state index is 13.3. The van der Waals surface area contributed by atoms with Crippen LogP contribution in [0.5, 0.6) is 0 Å². The van der Waals surface area contributed by atoms with Crippen molar-refractivity contribution in [3.8, 4) is 11.8 Å². The number of hydrogen-bond donors (Lipinski definition) is 2. The van der Waals surface area contributed by atoms with E-state index in [0.717, 1.165) is 37.7 Å². The van der Waals surface area contributed by atoms with Crippen molar-refractivity contribution in [3.05, 3.63) is 51.9 Å². The molecule has 30 heavy (non-hydrogen) atoms. The maximum absolute atomic E-state index is 13.3. The second-order valence-electron chi connectivity index (χ2n) is 7.06. The van der Waals surface area contributed by atoms with Gasteiger partial charge in [0, 0.05) is 31.7 Å². The lowest BCUT2D eigenvalue weighted by Gasteiger charge is -2.28. The van der Waals surface area contributed by atoms with E-state index >= 15 is 0 Å². The highest BCUT2D eigenvalue weighted by Gasteiger charge is 2.21. The van der Waals surface area contributed by atoms with E-state index in [1.807, 2.05) is 4.57 Å². The third-order valence-corrected chi connectivity index (χ3v) is 5.12. The number of primary amides is 1. The summed E-state index contributed by atoms with van der Waals surface area (Å²) in [5.74, 6) is 6.21. The van der Waals surface area contributed by atoms with Crippen LogP contribution in [0.4, 0.5) is 5.95 Å². The van der Waals surface area contributed by atoms with Crippen molar-refractivity contribution in [1.29, 1.82) is 0 Å². The van der Waals surface area contributed by atoms with Gasteiger partial charge in [0.2, 0.25) is 11.9 Å². The van der Waals surface area contributed by atoms with Crippen LogP contribution < -0.4 is 21.5 Å². The quantitative estimate of drug-likeness (QED) is 0.586. The Morgan fingerprint density at radius 1 is 1.23 bits per heavy atom. The molecule has 2 aromatic heterocycles. The number of fused-ring (bicyclic) bond motifs is 1. The molecule has 3 N–H and O–H groups in total. The summed E-state index contributed by atoms with van der Waals surface area (Å²) in [7, 11) is 0. The van der Waals surface area contributed by atoms with Gasteiger partial charge in [0.25, 0.3) is 5.56 Å². The number of rotatable bonds is 5. The van der Waals surface area contributed by atoms with Crippen LogP contribution in [0.15, 0.2) is 35.3 Å². The zero-order chi connectivity index (χ0) is 21.1. The first-order valence-electron chi connectivity index (χ1n) is 9.79. The number of nitrogens with zero attached hydrogens (tertiary/aromatic N) is 5. The first kappa shape index (κ1) is 19.7. The van der Waals surface area contributed by atoms with E-state index in [4.69, 9.17) is 10.7 Å². The Labute approximate surface area is 173 Å². The van der Waals surface area contributed by atoms with Gasteiger partial charge in [-0.25, -0.2) is 9.67 Å². The number of hydrogen-bond acceptors (Lipinski definition) is 6. The Hall–Kier alpha value is -3.64. The zero-order valence-corrected chi connectivity index (χ0v) is 16.8. The number of carbonyl (C=O) groups excluding carboxylic acids is 1. The summed E-state index contributed by atoms with van der Waals surface area (Å²) >= 11 is 0. The molecule has 0 spiro atoms. The third-order valence-electron chi connectivity index (χ3n) is 5.12. The van der Waals surface area contributed by atoms with Crippen molar-refractivity contribution in [2.45, 2.75) is 20.0 Å². The predicted molar refractivity (Wildman–Crippen MR) is 114 cm³/mol. The molecule has 1 aliphatic rings. The molecule has 1 saturated heterocycles. The Morgan fingerprint density at radius 3 is 2.63 bits per heavy atom. The minimum atomic E-state index is -0.486. The van der Waals surface area contributed by atoms with Crippen LogP contribution in [0.2, 0.25) is 0 Å². The molecule has 9 heteroatoms. The molecule has 3 heterocycles. The number of imidazole rings is 1. The Kier molecular flexibility index (Phi) is 5.50. The van der Waals surface area contributed by atoms with E-state index < -0.39 is 5.91 Å². The van der Waals surface area contributed by atoms with E-state index in [1.165, 1.54) is 4.68 Å². The van der Waals surface area contributed by atoms with Gasteiger partial charge in [0.05, 0.1) is 19.3 Å². The molecule has 154 valence electrons. The molecule has 0 bridgehead atoms. The summed E-state index contributed by atoms with van der Waals surface area (Å²) in [5.41, 5.74) is 7.39. The minimum Gasteiger partial charge on any atom is -0.366 e. The number of nitrogens with two attached hydrogens (primary N) is 1. The zero-order valence-electron chi connectivity index (χ0n) is 16.8. The lowest BCUT2D eigenvalue weighted by Crippen LogP contribution is -2.44. The molecule has 0 unspecified atom stereocenters. The number of carbonyl (C=O) groups is 1. The van der Waals surface area contributed by atoms with Crippen molar-refractivity contribution in [2.75, 3.05) is 31.1 Å². The predicted octanol–water partition coefficient (Wildman–Crippen LogP) is 0.173. The van der Waals surface area contributed by atoms with Crippen molar-refractivity contribution in [2.24, 2.45) is 5.73 Å². The third kappa shape index (κ3) is 3.77. The van der Waals surface area contributed by atoms with Crippen LogP contribution in [0.25, 0.3) is 11.0 Å². The van der Waals surface area contributed by atoms with E-state index in [1.54, 1.807) is 37.4 Å². The largest absolute Gasteiger partial charge is 0.366 e. The summed E-state index contributed by atoms with van der Waals surface area (Å²) < 4.78 is 3.29. The highest BCUT2D eigenvalue weighted by atomic mass is 16.1. The maximum Gasteiger partial charge on any atom is 0.293 e. The van der Waals surface area contributed by atoms with Crippen LogP contribution in [-0.2, 0) is 13.1 Å². The Balaban J connectivity index is 1.75. The Morgan fingerprint density at radius 2 is 1.97 bits per heavy atom. The number of nitrogens with one attached hydrogen (secondary N) is 1. The number of benzene rings is 1. The molecule has 0 saturated carbocycles. The van der Waals surface area contributed by atoms with Crippen molar-refractivity contribution in [1.82, 2.24) is 24.6 Å². The molecule has 0 atom stereocenters. The van der Waals surface area contributed by atoms with Gasteiger partial charge in [-0.15, -0.1) is 5.92 Å². The normalized spacial score (nSPS) is 13.8. The van der Waals surface area contributed by atoms with Gasteiger partial charge in [0.15, 0.2) is 0 Å². The molecule has 0 aliphatic carbocycles. The number of aromatic nitrogens is 4. The first-order valence-corrected chi connectivity index (χ1v) is 9.79. The first-order chi connectivity index (χ1) is 14.6. The topological polar surface area (TPSA) is 111 Å². The standard InChI is InChI=1S/C21H23N7O2/c1-2-3-10-27-18-17(25-21(27)26-11-8-23-9-12-26)13-24-28(20(18)30)14-15-4-6-16(7-5-15)19(22)29/h4-7,13,23H,8-12,14H2,1H3,(H2,22,29). The van der Waals surface area contributed by atoms with Gasteiger partial charge in [-0.05, 0) is 24.6 Å². The number of anilines is 1. The van der Waals surface area contributed by atoms with Crippen molar-refractivity contribution >= 4 is 22.9 Å². The van der Waals surface area contributed by atoms with Crippen molar-refractivity contribution in [3.63, 3.8) is 0 Å². The van der Waals surface area contributed by atoms with E-state index in [2.05, 4.69) is 27.2 Å². The van der Waals surface area contributed by atoms with E-state index in [0.29, 0.717) is 23.1 Å². The van der Waals surface area contributed by atoms with Crippen LogP contribution in [-0.4, -0.2) is 51.4 Å². The summed E-state index contributed by atoms with van der Waals surface area (Å²) in [6, 6.07) is 6.82. The molecule has 0 radical (unpaired) electrons. The highest BCUT2D eigenvalue weighted by molar-refractivity contribution is 5.92. The Bertz CT molecular complexity index is 1190. The second-order valence-corrected chi connectivity index (χ2v) is 7.06. The fourth-order valence-corrected chi connectivity index (χ4v) is 3.55. The molecule has 9 nitrogen and oxygen atoms in total. The van der Waals surface area contributed by atoms with E-state index in [9.17, 15) is 9.59 Å². The van der Waals surface area contributed by atoms with Gasteiger partial charge in [-0.1, -0.05) is 18.1 Å². The van der Waals surface area contributed by atoms with Crippen LogP contribution in [0.1, 0.15) is 22.8 Å². The minimum absolute atomic E-state index is 0.224. The SMILES string of the molecule is CC#CCn1c(N2CCNCC2)nc2cnn(Cc3ccc(C(N)=O)cc3)c(=O)c21. The van der Waals surface area contributed by atoms with Crippen LogP contribution >= 0.6 is 0 Å². The van der Waals surface area contributed by atoms with Crippen LogP contribution in [0, 0.1) is 11.8 Å². The average Bonchev–Trinajstić information content (AvgIpc) is 3.14. The second kappa shape index (κ2) is 8.39. The fourth-order valence-electron chi connectivity index (χ4n) is 3.55. The smallest absolute Gasteiger partial charge is 0.293 e. The monoisotopic (exact) mass is 405 g/mol. The van der Waals surface area contributed by atoms with Crippen LogP contribution in [0.3, 0.4) is 0 Å². The average molecular weight is 405 g/mol. The molecule has 1 aliphatic heterocycles. The van der Waals surface area contributed by atoms with Gasteiger partial charge in [-0.2, -0.15) is 5.10 Å². The highest BCUT2D eigenvalue weighted by Crippen LogP contribution is 2.20. The molecule has 1 fully saturated rings. The number of amides is 1. The molecular formula is C21H23N7O2. The lowest BCUT2D eigenvalue weighted by atomic mass is 10.1. The summed E-state index contributed by atoms with van der Waals surface area (Å²) in [6.45, 7) is 5.81. The number of piperazine rings is 1.